The summed E-state index contributed by atoms with van der Waals surface area (Å²) >= 11 is 0. The highest BCUT2D eigenvalue weighted by Gasteiger charge is 2.25. The Balaban J connectivity index is 4.72. The van der Waals surface area contributed by atoms with Gasteiger partial charge in [-0.1, -0.05) is 19.9 Å². The third-order valence-electron chi connectivity index (χ3n) is 1.60. The molecule has 0 amide bonds. The van der Waals surface area contributed by atoms with Crippen molar-refractivity contribution in [2.24, 2.45) is 5.92 Å². The first-order valence-electron chi connectivity index (χ1n) is 5.04. The van der Waals surface area contributed by atoms with E-state index in [1.807, 2.05) is 33.8 Å². The lowest BCUT2D eigenvalue weighted by atomic mass is 10.2. The average molecular weight is 220 g/mol. The fourth-order valence-electron chi connectivity index (χ4n) is 1.15. The first-order valence-corrected chi connectivity index (χ1v) is 6.58. The summed E-state index contributed by atoms with van der Waals surface area (Å²) in [4.78, 5) is 0. The summed E-state index contributed by atoms with van der Waals surface area (Å²) in [7, 11) is -3.00. The molecule has 0 unspecified atom stereocenters. The van der Waals surface area contributed by atoms with Gasteiger partial charge in [0.25, 0.3) is 0 Å². The highest BCUT2D eigenvalue weighted by Crippen LogP contribution is 2.55. The maximum absolute atomic E-state index is 12.1. The van der Waals surface area contributed by atoms with E-state index in [-0.39, 0.29) is 0 Å². The minimum Gasteiger partial charge on any atom is -0.306 e. The van der Waals surface area contributed by atoms with Gasteiger partial charge in [-0.3, -0.25) is 4.57 Å². The quantitative estimate of drug-likeness (QED) is 0.638. The molecule has 0 N–H and O–H groups in total. The number of rotatable bonds is 6. The zero-order chi connectivity index (χ0) is 11.2. The molecule has 0 aliphatic heterocycles. The molecule has 0 aliphatic rings. The molecule has 0 fully saturated rings. The van der Waals surface area contributed by atoms with Crippen LogP contribution >= 0.6 is 7.60 Å². The van der Waals surface area contributed by atoms with Gasteiger partial charge in [0.05, 0.1) is 13.2 Å². The van der Waals surface area contributed by atoms with Crippen LogP contribution in [0.15, 0.2) is 11.4 Å². The van der Waals surface area contributed by atoms with Crippen LogP contribution in [0.1, 0.15) is 34.6 Å². The third-order valence-corrected chi connectivity index (χ3v) is 3.81. The second-order valence-corrected chi connectivity index (χ2v) is 5.60. The van der Waals surface area contributed by atoms with Crippen LogP contribution in [0.2, 0.25) is 0 Å². The molecular weight excluding hydrogens is 199 g/mol. The Morgan fingerprint density at radius 2 is 1.71 bits per heavy atom. The second kappa shape index (κ2) is 6.39. The zero-order valence-corrected chi connectivity index (χ0v) is 10.6. The largest absolute Gasteiger partial charge is 0.356 e. The van der Waals surface area contributed by atoms with Crippen molar-refractivity contribution in [1.29, 1.82) is 0 Å². The average Bonchev–Trinajstić information content (AvgIpc) is 2.03. The molecule has 0 rings (SSSR count). The maximum atomic E-state index is 12.1. The molecule has 3 nitrogen and oxygen atoms in total. The molecule has 0 aromatic rings. The van der Waals surface area contributed by atoms with E-state index in [4.69, 9.17) is 9.05 Å². The van der Waals surface area contributed by atoms with E-state index in [2.05, 4.69) is 0 Å². The van der Waals surface area contributed by atoms with Crippen molar-refractivity contribution in [2.45, 2.75) is 34.6 Å². The molecule has 4 heteroatoms. The van der Waals surface area contributed by atoms with E-state index in [1.54, 1.807) is 6.92 Å². The summed E-state index contributed by atoms with van der Waals surface area (Å²) in [6.07, 6.45) is 1.92. The molecule has 0 heterocycles. The van der Waals surface area contributed by atoms with Crippen LogP contribution < -0.4 is 0 Å². The van der Waals surface area contributed by atoms with Crippen LogP contribution in [0, 0.1) is 5.92 Å². The topological polar surface area (TPSA) is 35.5 Å². The van der Waals surface area contributed by atoms with Crippen molar-refractivity contribution in [3.8, 4) is 0 Å². The van der Waals surface area contributed by atoms with Crippen LogP contribution in [-0.2, 0) is 13.6 Å². The van der Waals surface area contributed by atoms with E-state index in [9.17, 15) is 4.57 Å². The van der Waals surface area contributed by atoms with Gasteiger partial charge < -0.3 is 9.05 Å². The zero-order valence-electron chi connectivity index (χ0n) is 9.74. The van der Waals surface area contributed by atoms with Crippen molar-refractivity contribution in [2.75, 3.05) is 13.2 Å². The fraction of sp³-hybridized carbons (Fsp3) is 0.800. The molecule has 0 aromatic carbocycles. The third kappa shape index (κ3) is 4.41. The van der Waals surface area contributed by atoms with Crippen LogP contribution in [-0.4, -0.2) is 13.2 Å². The SMILES string of the molecule is CCOP(=O)(OCC)/C(C)=C\C(C)C. The first-order chi connectivity index (χ1) is 6.46. The lowest BCUT2D eigenvalue weighted by Crippen LogP contribution is -1.98. The van der Waals surface area contributed by atoms with Crippen molar-refractivity contribution in [3.63, 3.8) is 0 Å². The minimum atomic E-state index is -3.00. The molecule has 0 saturated heterocycles. The number of hydrogen-bond acceptors (Lipinski definition) is 3. The summed E-state index contributed by atoms with van der Waals surface area (Å²) in [5.74, 6) is 0.351. The van der Waals surface area contributed by atoms with Crippen molar-refractivity contribution in [3.05, 3.63) is 11.4 Å². The normalized spacial score (nSPS) is 13.7. The lowest BCUT2D eigenvalue weighted by molar-refractivity contribution is 0.226. The van der Waals surface area contributed by atoms with Crippen LogP contribution in [0.3, 0.4) is 0 Å². The van der Waals surface area contributed by atoms with E-state index >= 15 is 0 Å². The summed E-state index contributed by atoms with van der Waals surface area (Å²) in [5, 5.41) is 0.705. The molecule has 0 atom stereocenters. The summed E-state index contributed by atoms with van der Waals surface area (Å²) in [6, 6.07) is 0. The van der Waals surface area contributed by atoms with Gasteiger partial charge in [-0.2, -0.15) is 0 Å². The predicted octanol–water partition coefficient (Wildman–Crippen LogP) is 3.81. The Labute approximate surface area is 87.0 Å². The molecule has 14 heavy (non-hydrogen) atoms. The molecule has 0 aromatic heterocycles. The Kier molecular flexibility index (Phi) is 6.34. The highest BCUT2D eigenvalue weighted by atomic mass is 31.2. The van der Waals surface area contributed by atoms with Crippen molar-refractivity contribution in [1.82, 2.24) is 0 Å². The smallest absolute Gasteiger partial charge is 0.306 e. The lowest BCUT2D eigenvalue weighted by Gasteiger charge is -2.18. The molecule has 0 aliphatic carbocycles. The van der Waals surface area contributed by atoms with Gasteiger partial charge in [-0.15, -0.1) is 0 Å². The van der Waals surface area contributed by atoms with Crippen LogP contribution in [0.25, 0.3) is 0 Å². The molecule has 0 radical (unpaired) electrons. The summed E-state index contributed by atoms with van der Waals surface area (Å²) in [5.41, 5.74) is 0. The van der Waals surface area contributed by atoms with Crippen LogP contribution in [0.4, 0.5) is 0 Å². The van der Waals surface area contributed by atoms with Gasteiger partial charge >= 0.3 is 7.60 Å². The number of hydrogen-bond donors (Lipinski definition) is 0. The number of allylic oxidation sites excluding steroid dienone is 2. The second-order valence-electron chi connectivity index (χ2n) is 3.39. The highest BCUT2D eigenvalue weighted by molar-refractivity contribution is 7.58. The van der Waals surface area contributed by atoms with Gasteiger partial charge in [-0.05, 0) is 26.7 Å². The van der Waals surface area contributed by atoms with Gasteiger partial charge in [-0.25, -0.2) is 0 Å². The Bertz CT molecular complexity index is 224. The van der Waals surface area contributed by atoms with Gasteiger partial charge in [0.2, 0.25) is 0 Å². The standard InChI is InChI=1S/C10H21O3P/c1-6-12-14(11,13-7-2)10(5)8-9(3)4/h8-9H,6-7H2,1-5H3/b10-8-. The monoisotopic (exact) mass is 220 g/mol. The first kappa shape index (κ1) is 13.9. The Morgan fingerprint density at radius 3 is 2.00 bits per heavy atom. The fourth-order valence-corrected chi connectivity index (χ4v) is 2.80. The van der Waals surface area contributed by atoms with E-state index in [0.717, 1.165) is 0 Å². The Morgan fingerprint density at radius 1 is 1.29 bits per heavy atom. The molecular formula is C10H21O3P. The van der Waals surface area contributed by atoms with Crippen molar-refractivity contribution >= 4 is 7.60 Å². The molecule has 0 saturated carbocycles. The van der Waals surface area contributed by atoms with E-state index < -0.39 is 7.60 Å². The summed E-state index contributed by atoms with van der Waals surface area (Å²) in [6.45, 7) is 10.3. The molecule has 84 valence electrons. The minimum absolute atomic E-state index is 0.351. The van der Waals surface area contributed by atoms with Gasteiger partial charge in [0.1, 0.15) is 0 Å². The predicted molar refractivity (Wildman–Crippen MR) is 59.5 cm³/mol. The van der Waals surface area contributed by atoms with Crippen molar-refractivity contribution < 1.29 is 13.6 Å². The molecule has 0 bridgehead atoms. The van der Waals surface area contributed by atoms with Crippen LogP contribution in [0.5, 0.6) is 0 Å². The Hall–Kier alpha value is -0.110. The van der Waals surface area contributed by atoms with Gasteiger partial charge in [0, 0.05) is 5.31 Å². The molecule has 0 spiro atoms. The van der Waals surface area contributed by atoms with E-state index in [0.29, 0.717) is 24.4 Å². The maximum Gasteiger partial charge on any atom is 0.356 e. The van der Waals surface area contributed by atoms with E-state index in [1.165, 1.54) is 0 Å². The summed E-state index contributed by atoms with van der Waals surface area (Å²) < 4.78 is 22.5. The van der Waals surface area contributed by atoms with Gasteiger partial charge in [0.15, 0.2) is 0 Å².